The number of pyridine rings is 2. The minimum Gasteiger partial charge on any atom is -0.493 e. The van der Waals surface area contributed by atoms with Crippen molar-refractivity contribution >= 4 is 21.6 Å². The Balaban J connectivity index is 1.90. The average molecular weight is 308 g/mol. The van der Waals surface area contributed by atoms with E-state index in [1.54, 1.807) is 34.5 Å². The number of thiophene rings is 1. The molecule has 1 N–H and O–H groups in total. The highest BCUT2D eigenvalue weighted by Gasteiger charge is 2.11. The lowest BCUT2D eigenvalue weighted by Crippen LogP contribution is -1.85. The molecule has 0 unspecified atom stereocenters. The van der Waals surface area contributed by atoms with Crippen molar-refractivity contribution in [2.75, 3.05) is 0 Å². The van der Waals surface area contributed by atoms with Gasteiger partial charge in [0.2, 0.25) is 5.88 Å². The molecule has 22 heavy (non-hydrogen) atoms. The fourth-order valence-electron chi connectivity index (χ4n) is 2.42. The number of rotatable bonds is 2. The fourth-order valence-corrected chi connectivity index (χ4v) is 3.32. The lowest BCUT2D eigenvalue weighted by atomic mass is 10.1. The molecule has 0 radical (unpaired) electrons. The van der Waals surface area contributed by atoms with Crippen molar-refractivity contribution in [2.24, 2.45) is 7.05 Å². The predicted octanol–water partition coefficient (Wildman–Crippen LogP) is 3.46. The number of hydrogen-bond acceptors (Lipinski definition) is 5. The Labute approximate surface area is 130 Å². The molecular weight excluding hydrogens is 296 g/mol. The summed E-state index contributed by atoms with van der Waals surface area (Å²) >= 11 is 1.64. The van der Waals surface area contributed by atoms with Crippen LogP contribution in [0.15, 0.2) is 48.2 Å². The van der Waals surface area contributed by atoms with E-state index in [0.29, 0.717) is 0 Å². The van der Waals surface area contributed by atoms with E-state index >= 15 is 0 Å². The highest BCUT2D eigenvalue weighted by molar-refractivity contribution is 7.17. The van der Waals surface area contributed by atoms with Crippen molar-refractivity contribution in [1.29, 1.82) is 0 Å². The second kappa shape index (κ2) is 4.92. The van der Waals surface area contributed by atoms with Gasteiger partial charge >= 0.3 is 0 Å². The largest absolute Gasteiger partial charge is 0.493 e. The molecule has 108 valence electrons. The molecule has 0 atom stereocenters. The monoisotopic (exact) mass is 308 g/mol. The molecule has 0 amide bonds. The fraction of sp³-hybridized carbons (Fsp3) is 0.0625. The molecule has 0 aliphatic carbocycles. The number of aromatic nitrogens is 4. The Kier molecular flexibility index (Phi) is 2.90. The quantitative estimate of drug-likeness (QED) is 0.616. The molecule has 4 aromatic rings. The van der Waals surface area contributed by atoms with Gasteiger partial charge in [0, 0.05) is 42.0 Å². The van der Waals surface area contributed by atoms with E-state index in [1.165, 1.54) is 0 Å². The van der Waals surface area contributed by atoms with E-state index < -0.39 is 0 Å². The molecule has 4 aromatic heterocycles. The highest BCUT2D eigenvalue weighted by Crippen LogP contribution is 2.34. The van der Waals surface area contributed by atoms with E-state index in [1.807, 2.05) is 25.4 Å². The normalized spacial score (nSPS) is 11.1. The summed E-state index contributed by atoms with van der Waals surface area (Å²) in [6.45, 7) is 0. The van der Waals surface area contributed by atoms with Gasteiger partial charge in [-0.25, -0.2) is 9.97 Å². The third-order valence-corrected chi connectivity index (χ3v) is 4.41. The Hall–Kier alpha value is -2.73. The van der Waals surface area contributed by atoms with Crippen LogP contribution in [0.25, 0.3) is 32.6 Å². The van der Waals surface area contributed by atoms with Gasteiger partial charge in [0.15, 0.2) is 0 Å². The number of fused-ring (bicyclic) bond motifs is 1. The van der Waals surface area contributed by atoms with Gasteiger partial charge < -0.3 is 5.11 Å². The molecule has 5 nitrogen and oxygen atoms in total. The molecule has 0 aliphatic rings. The van der Waals surface area contributed by atoms with E-state index in [4.69, 9.17) is 4.98 Å². The van der Waals surface area contributed by atoms with Crippen molar-refractivity contribution in [2.45, 2.75) is 0 Å². The molecule has 0 aliphatic heterocycles. The molecule has 6 heteroatoms. The predicted molar refractivity (Wildman–Crippen MR) is 86.7 cm³/mol. The zero-order valence-electron chi connectivity index (χ0n) is 11.8. The maximum absolute atomic E-state index is 9.58. The molecular formula is C16H12N4OS. The van der Waals surface area contributed by atoms with Crippen LogP contribution in [0.5, 0.6) is 5.88 Å². The summed E-state index contributed by atoms with van der Waals surface area (Å²) in [6.07, 6.45) is 5.34. The van der Waals surface area contributed by atoms with Crippen molar-refractivity contribution < 1.29 is 5.11 Å². The van der Waals surface area contributed by atoms with Gasteiger partial charge in [0.1, 0.15) is 0 Å². The Morgan fingerprint density at radius 2 is 2.09 bits per heavy atom. The van der Waals surface area contributed by atoms with E-state index in [-0.39, 0.29) is 5.88 Å². The van der Waals surface area contributed by atoms with Gasteiger partial charge in [0.25, 0.3) is 0 Å². The first-order valence-electron chi connectivity index (χ1n) is 6.73. The van der Waals surface area contributed by atoms with Crippen LogP contribution in [0, 0.1) is 0 Å². The summed E-state index contributed by atoms with van der Waals surface area (Å²) in [4.78, 5) is 8.61. The topological polar surface area (TPSA) is 63.8 Å². The SMILES string of the molecule is Cn1cc(-c2ccc3scc(-c4ccnc(O)c4)c3n2)cn1. The van der Waals surface area contributed by atoms with Crippen LogP contribution in [0.1, 0.15) is 0 Å². The lowest BCUT2D eigenvalue weighted by molar-refractivity contribution is 0.454. The van der Waals surface area contributed by atoms with Gasteiger partial charge in [0.05, 0.1) is 22.1 Å². The first-order valence-corrected chi connectivity index (χ1v) is 7.61. The van der Waals surface area contributed by atoms with Crippen LogP contribution < -0.4 is 0 Å². The standard InChI is InChI=1S/C16H12N4OS/c1-20-8-11(7-18-20)13-2-3-14-16(19-13)12(9-22-14)10-4-5-17-15(21)6-10/h2-9H,1H3,(H,17,21). The summed E-state index contributed by atoms with van der Waals surface area (Å²) in [5, 5.41) is 15.8. The van der Waals surface area contributed by atoms with Crippen molar-refractivity contribution in [1.82, 2.24) is 19.7 Å². The number of aromatic hydroxyl groups is 1. The van der Waals surface area contributed by atoms with Gasteiger partial charge in [-0.2, -0.15) is 5.10 Å². The van der Waals surface area contributed by atoms with E-state index in [2.05, 4.69) is 21.5 Å². The summed E-state index contributed by atoms with van der Waals surface area (Å²) in [5.74, 6) is 0.0141. The first-order chi connectivity index (χ1) is 10.7. The van der Waals surface area contributed by atoms with Crippen LogP contribution in [0.2, 0.25) is 0 Å². The molecule has 4 rings (SSSR count). The lowest BCUT2D eigenvalue weighted by Gasteiger charge is -2.02. The third kappa shape index (κ3) is 2.14. The van der Waals surface area contributed by atoms with Crippen LogP contribution in [0.4, 0.5) is 0 Å². The minimum absolute atomic E-state index is 0.0141. The molecule has 0 spiro atoms. The number of hydrogen-bond donors (Lipinski definition) is 1. The summed E-state index contributed by atoms with van der Waals surface area (Å²) < 4.78 is 2.87. The summed E-state index contributed by atoms with van der Waals surface area (Å²) in [6, 6.07) is 7.60. The molecule has 4 heterocycles. The van der Waals surface area contributed by atoms with Gasteiger partial charge in [-0.05, 0) is 23.8 Å². The molecule has 0 aromatic carbocycles. The molecule has 0 saturated heterocycles. The highest BCUT2D eigenvalue weighted by atomic mass is 32.1. The maximum Gasteiger partial charge on any atom is 0.211 e. The number of nitrogens with zero attached hydrogens (tertiary/aromatic N) is 4. The zero-order chi connectivity index (χ0) is 15.1. The van der Waals surface area contributed by atoms with Crippen LogP contribution in [-0.4, -0.2) is 24.9 Å². The van der Waals surface area contributed by atoms with Gasteiger partial charge in [-0.3, -0.25) is 4.68 Å². The van der Waals surface area contributed by atoms with Crippen LogP contribution in [-0.2, 0) is 7.05 Å². The second-order valence-corrected chi connectivity index (χ2v) is 5.91. The van der Waals surface area contributed by atoms with Crippen molar-refractivity contribution in [3.05, 3.63) is 48.2 Å². The van der Waals surface area contributed by atoms with Crippen molar-refractivity contribution in [3.8, 4) is 28.3 Å². The Morgan fingerprint density at radius 3 is 2.86 bits per heavy atom. The minimum atomic E-state index is 0.0141. The summed E-state index contributed by atoms with van der Waals surface area (Å²) in [7, 11) is 1.89. The maximum atomic E-state index is 9.58. The Morgan fingerprint density at radius 1 is 1.18 bits per heavy atom. The van der Waals surface area contributed by atoms with Gasteiger partial charge in [-0.15, -0.1) is 11.3 Å². The first kappa shape index (κ1) is 13.0. The van der Waals surface area contributed by atoms with Crippen LogP contribution in [0.3, 0.4) is 0 Å². The summed E-state index contributed by atoms with van der Waals surface area (Å²) in [5.41, 5.74) is 4.72. The second-order valence-electron chi connectivity index (χ2n) is 5.00. The third-order valence-electron chi connectivity index (χ3n) is 3.47. The molecule has 0 saturated carbocycles. The van der Waals surface area contributed by atoms with E-state index in [9.17, 15) is 5.11 Å². The average Bonchev–Trinajstić information content (AvgIpc) is 3.12. The zero-order valence-corrected chi connectivity index (χ0v) is 12.6. The van der Waals surface area contributed by atoms with Crippen molar-refractivity contribution in [3.63, 3.8) is 0 Å². The van der Waals surface area contributed by atoms with Crippen LogP contribution >= 0.6 is 11.3 Å². The van der Waals surface area contributed by atoms with E-state index in [0.717, 1.165) is 32.6 Å². The molecule has 0 fully saturated rings. The molecule has 0 bridgehead atoms. The van der Waals surface area contributed by atoms with Gasteiger partial charge in [-0.1, -0.05) is 0 Å². The Bertz CT molecular complexity index is 973. The number of aryl methyl sites for hydroxylation is 1. The smallest absolute Gasteiger partial charge is 0.211 e.